The van der Waals surface area contributed by atoms with Crippen molar-refractivity contribution in [2.45, 2.75) is 25.7 Å². The maximum atomic E-state index is 12.9. The Hall–Kier alpha value is -3.60. The highest BCUT2D eigenvalue weighted by Crippen LogP contribution is 2.45. The predicted octanol–water partition coefficient (Wildman–Crippen LogP) is 4.58. The Morgan fingerprint density at radius 1 is 0.828 bits per heavy atom. The lowest BCUT2D eigenvalue weighted by atomic mass is 9.80. The first-order chi connectivity index (χ1) is 14.0. The summed E-state index contributed by atoms with van der Waals surface area (Å²) in [5.74, 6) is 0.603. The smallest absolute Gasteiger partial charge is 0.327 e. The van der Waals surface area contributed by atoms with E-state index in [0.29, 0.717) is 17.3 Å². The quantitative estimate of drug-likeness (QED) is 0.418. The molecule has 5 rings (SSSR count). The van der Waals surface area contributed by atoms with Gasteiger partial charge in [-0.2, -0.15) is 0 Å². The van der Waals surface area contributed by atoms with Gasteiger partial charge >= 0.3 is 5.69 Å². The molecule has 3 N–H and O–H groups in total. The van der Waals surface area contributed by atoms with Crippen LogP contribution in [0.15, 0.2) is 70.3 Å². The van der Waals surface area contributed by atoms with E-state index in [1.54, 1.807) is 0 Å². The lowest BCUT2D eigenvalue weighted by Crippen LogP contribution is -2.31. The summed E-state index contributed by atoms with van der Waals surface area (Å²) < 4.78 is 0. The summed E-state index contributed by atoms with van der Waals surface area (Å²) in [6, 6.07) is 20.6. The summed E-state index contributed by atoms with van der Waals surface area (Å²) in [5, 5.41) is 5.47. The van der Waals surface area contributed by atoms with Gasteiger partial charge in [-0.3, -0.25) is 14.8 Å². The number of hydrogen-bond acceptors (Lipinski definition) is 3. The van der Waals surface area contributed by atoms with Gasteiger partial charge in [0.2, 0.25) is 0 Å². The second kappa shape index (κ2) is 6.48. The highest BCUT2D eigenvalue weighted by molar-refractivity contribution is 5.94. The summed E-state index contributed by atoms with van der Waals surface area (Å²) >= 11 is 0. The molecule has 1 aliphatic rings. The third-order valence-electron chi connectivity index (χ3n) is 5.72. The van der Waals surface area contributed by atoms with Crippen LogP contribution in [0.5, 0.6) is 0 Å². The van der Waals surface area contributed by atoms with Gasteiger partial charge in [-0.1, -0.05) is 68.4 Å². The zero-order valence-corrected chi connectivity index (χ0v) is 16.2. The number of aromatic nitrogens is 2. The number of anilines is 2. The molecule has 1 aliphatic heterocycles. The van der Waals surface area contributed by atoms with Crippen molar-refractivity contribution in [1.29, 1.82) is 0 Å². The molecule has 5 nitrogen and oxygen atoms in total. The Labute approximate surface area is 167 Å². The maximum Gasteiger partial charge on any atom is 0.327 e. The van der Waals surface area contributed by atoms with Crippen molar-refractivity contribution >= 4 is 22.3 Å². The van der Waals surface area contributed by atoms with Crippen LogP contribution >= 0.6 is 0 Å². The second-order valence-corrected chi connectivity index (χ2v) is 7.82. The third-order valence-corrected chi connectivity index (χ3v) is 5.72. The summed E-state index contributed by atoms with van der Waals surface area (Å²) in [4.78, 5) is 29.9. The Kier molecular flexibility index (Phi) is 3.91. The van der Waals surface area contributed by atoms with Crippen molar-refractivity contribution in [2.75, 3.05) is 5.32 Å². The molecule has 0 bridgehead atoms. The van der Waals surface area contributed by atoms with Gasteiger partial charge in [0.15, 0.2) is 0 Å². The topological polar surface area (TPSA) is 77.8 Å². The largest absolute Gasteiger partial charge is 0.341 e. The molecule has 144 valence electrons. The van der Waals surface area contributed by atoms with Crippen molar-refractivity contribution < 1.29 is 0 Å². The Bertz CT molecular complexity index is 1350. The van der Waals surface area contributed by atoms with E-state index in [1.165, 1.54) is 5.56 Å². The molecule has 0 fully saturated rings. The highest BCUT2D eigenvalue weighted by Gasteiger charge is 2.32. The van der Waals surface area contributed by atoms with E-state index >= 15 is 0 Å². The molecule has 3 aromatic carbocycles. The number of rotatable bonds is 2. The van der Waals surface area contributed by atoms with Gasteiger partial charge in [0.1, 0.15) is 5.82 Å². The van der Waals surface area contributed by atoms with Crippen molar-refractivity contribution in [2.24, 2.45) is 0 Å². The Morgan fingerprint density at radius 2 is 1.59 bits per heavy atom. The number of hydrogen-bond donors (Lipinski definition) is 3. The van der Waals surface area contributed by atoms with Crippen LogP contribution in [0.2, 0.25) is 0 Å². The second-order valence-electron chi connectivity index (χ2n) is 7.82. The normalized spacial score (nSPS) is 15.1. The van der Waals surface area contributed by atoms with Crippen molar-refractivity contribution in [3.05, 3.63) is 104 Å². The molecule has 1 aromatic heterocycles. The van der Waals surface area contributed by atoms with Crippen LogP contribution in [0.25, 0.3) is 10.8 Å². The maximum absolute atomic E-state index is 12.9. The molecule has 5 heteroatoms. The predicted molar refractivity (Wildman–Crippen MR) is 116 cm³/mol. The molecule has 2 heterocycles. The van der Waals surface area contributed by atoms with Crippen molar-refractivity contribution in [1.82, 2.24) is 9.97 Å². The van der Waals surface area contributed by atoms with Gasteiger partial charge in [-0.15, -0.1) is 0 Å². The average molecular weight is 383 g/mol. The third kappa shape index (κ3) is 2.78. The first-order valence-corrected chi connectivity index (χ1v) is 9.78. The average Bonchev–Trinajstić information content (AvgIpc) is 2.72. The van der Waals surface area contributed by atoms with E-state index in [0.717, 1.165) is 27.6 Å². The van der Waals surface area contributed by atoms with Gasteiger partial charge < -0.3 is 5.32 Å². The van der Waals surface area contributed by atoms with Crippen molar-refractivity contribution in [3.63, 3.8) is 0 Å². The standard InChI is InChI=1S/C24H21N3O2/c1-13(2)14-7-9-16(10-8-14)19-20-17-6-4-3-5-15(17)11-12-18(20)25-22-21(19)23(28)27-24(29)26-22/h3-13,19H,1-2H3,(H3,25,26,27,28,29)/t19-/m1/s1. The molecule has 0 aliphatic carbocycles. The molecule has 0 radical (unpaired) electrons. The molecule has 1 atom stereocenters. The minimum Gasteiger partial charge on any atom is -0.341 e. The summed E-state index contributed by atoms with van der Waals surface area (Å²) in [7, 11) is 0. The number of fused-ring (bicyclic) bond motifs is 4. The van der Waals surface area contributed by atoms with Crippen LogP contribution in [-0.4, -0.2) is 9.97 Å². The molecule has 0 saturated heterocycles. The monoisotopic (exact) mass is 383 g/mol. The van der Waals surface area contributed by atoms with Gasteiger partial charge in [0.05, 0.1) is 5.56 Å². The lowest BCUT2D eigenvalue weighted by Gasteiger charge is -2.30. The molecule has 0 spiro atoms. The summed E-state index contributed by atoms with van der Waals surface area (Å²) in [6.07, 6.45) is 0. The van der Waals surface area contributed by atoms with Gasteiger partial charge in [-0.05, 0) is 39.4 Å². The Balaban J connectivity index is 1.84. The number of H-pyrrole nitrogens is 2. The number of aromatic amines is 2. The molecular formula is C24H21N3O2. The van der Waals surface area contributed by atoms with Gasteiger partial charge in [-0.25, -0.2) is 4.79 Å². The molecular weight excluding hydrogens is 362 g/mol. The lowest BCUT2D eigenvalue weighted by molar-refractivity contribution is 0.858. The fourth-order valence-corrected chi connectivity index (χ4v) is 4.27. The Morgan fingerprint density at radius 3 is 2.34 bits per heavy atom. The number of nitrogens with one attached hydrogen (secondary N) is 3. The zero-order valence-electron chi connectivity index (χ0n) is 16.2. The molecule has 0 amide bonds. The van der Waals surface area contributed by atoms with Gasteiger partial charge in [0, 0.05) is 11.6 Å². The minimum atomic E-state index is -0.514. The zero-order chi connectivity index (χ0) is 20.1. The minimum absolute atomic E-state index is 0.283. The first-order valence-electron chi connectivity index (χ1n) is 9.78. The van der Waals surface area contributed by atoms with E-state index in [2.05, 4.69) is 71.6 Å². The molecule has 29 heavy (non-hydrogen) atoms. The summed E-state index contributed by atoms with van der Waals surface area (Å²) in [5.41, 5.74) is 3.86. The van der Waals surface area contributed by atoms with Crippen LogP contribution in [0.1, 0.15) is 47.9 Å². The van der Waals surface area contributed by atoms with Crippen LogP contribution in [-0.2, 0) is 0 Å². The fraction of sp³-hybridized carbons (Fsp3) is 0.167. The van der Waals surface area contributed by atoms with E-state index < -0.39 is 5.69 Å². The van der Waals surface area contributed by atoms with Crippen molar-refractivity contribution in [3.8, 4) is 0 Å². The van der Waals surface area contributed by atoms with E-state index in [1.807, 2.05) is 18.2 Å². The summed E-state index contributed by atoms with van der Waals surface area (Å²) in [6.45, 7) is 4.32. The van der Waals surface area contributed by atoms with Crippen LogP contribution in [0.3, 0.4) is 0 Å². The van der Waals surface area contributed by atoms with Crippen LogP contribution < -0.4 is 16.6 Å². The fourth-order valence-electron chi connectivity index (χ4n) is 4.27. The van der Waals surface area contributed by atoms with Crippen LogP contribution in [0, 0.1) is 0 Å². The van der Waals surface area contributed by atoms with E-state index in [-0.39, 0.29) is 11.5 Å². The highest BCUT2D eigenvalue weighted by atomic mass is 16.2. The first kappa shape index (κ1) is 17.5. The molecule has 0 saturated carbocycles. The molecule has 4 aromatic rings. The van der Waals surface area contributed by atoms with Crippen LogP contribution in [0.4, 0.5) is 11.5 Å². The van der Waals surface area contributed by atoms with E-state index in [4.69, 9.17) is 0 Å². The van der Waals surface area contributed by atoms with Gasteiger partial charge in [0.25, 0.3) is 5.56 Å². The SMILES string of the molecule is CC(C)c1ccc([C@H]2c3c([nH]c(=O)[nH]c3=O)Nc3ccc4ccccc4c32)cc1. The molecule has 0 unspecified atom stereocenters. The van der Waals surface area contributed by atoms with E-state index in [9.17, 15) is 9.59 Å². The number of benzene rings is 3.